The second-order valence-electron chi connectivity index (χ2n) is 7.93. The van der Waals surface area contributed by atoms with Gasteiger partial charge in [0.05, 0.1) is 6.61 Å². The first kappa shape index (κ1) is 19.4. The molecule has 3 rings (SSSR count). The van der Waals surface area contributed by atoms with Crippen LogP contribution >= 0.6 is 0 Å². The molecule has 0 radical (unpaired) electrons. The van der Waals surface area contributed by atoms with Gasteiger partial charge in [-0.15, -0.1) is 0 Å². The summed E-state index contributed by atoms with van der Waals surface area (Å²) in [5.74, 6) is 0.636. The maximum absolute atomic E-state index is 10.8. The number of aliphatic hydroxyl groups excluding tert-OH is 4. The highest BCUT2D eigenvalue weighted by molar-refractivity contribution is 5.60. The van der Waals surface area contributed by atoms with E-state index in [4.69, 9.17) is 9.47 Å². The molecule has 2 heterocycles. The van der Waals surface area contributed by atoms with Gasteiger partial charge in [0.2, 0.25) is 0 Å². The van der Waals surface area contributed by atoms with Crippen LogP contribution in [0, 0.1) is 13.8 Å². The van der Waals surface area contributed by atoms with Crippen LogP contribution in [0.3, 0.4) is 0 Å². The summed E-state index contributed by atoms with van der Waals surface area (Å²) in [5.41, 5.74) is 2.16. The summed E-state index contributed by atoms with van der Waals surface area (Å²) in [4.78, 5) is 0. The van der Waals surface area contributed by atoms with Gasteiger partial charge in [0.15, 0.2) is 0 Å². The molecule has 5 N–H and O–H groups in total. The largest absolute Gasteiger partial charge is 0.507 e. The van der Waals surface area contributed by atoms with Crippen molar-refractivity contribution in [2.45, 2.75) is 76.7 Å². The predicted molar refractivity (Wildman–Crippen MR) is 93.3 cm³/mol. The Morgan fingerprint density at radius 2 is 1.69 bits per heavy atom. The van der Waals surface area contributed by atoms with Gasteiger partial charge < -0.3 is 35.0 Å². The van der Waals surface area contributed by atoms with E-state index in [0.717, 1.165) is 11.1 Å². The van der Waals surface area contributed by atoms with E-state index < -0.39 is 37.1 Å². The third kappa shape index (κ3) is 2.97. The van der Waals surface area contributed by atoms with Crippen LogP contribution < -0.4 is 4.74 Å². The van der Waals surface area contributed by atoms with E-state index in [0.29, 0.717) is 29.7 Å². The maximum atomic E-state index is 10.8. The molecular weight excluding hydrogens is 340 g/mol. The first-order valence-electron chi connectivity index (χ1n) is 8.93. The van der Waals surface area contributed by atoms with Crippen molar-refractivity contribution in [3.05, 3.63) is 22.3 Å². The molecule has 0 saturated carbocycles. The second-order valence-corrected chi connectivity index (χ2v) is 7.93. The summed E-state index contributed by atoms with van der Waals surface area (Å²) in [5, 5.41) is 50.9. The van der Waals surface area contributed by atoms with Gasteiger partial charge in [0.25, 0.3) is 0 Å². The highest BCUT2D eigenvalue weighted by atomic mass is 16.5. The van der Waals surface area contributed by atoms with E-state index in [1.165, 1.54) is 0 Å². The van der Waals surface area contributed by atoms with Crippen LogP contribution in [0.5, 0.6) is 11.5 Å². The van der Waals surface area contributed by atoms with E-state index >= 15 is 0 Å². The minimum atomic E-state index is -1.50. The van der Waals surface area contributed by atoms with Gasteiger partial charge in [-0.05, 0) is 51.7 Å². The Morgan fingerprint density at radius 1 is 1.04 bits per heavy atom. The van der Waals surface area contributed by atoms with E-state index in [1.807, 2.05) is 20.8 Å². The van der Waals surface area contributed by atoms with E-state index in [-0.39, 0.29) is 11.4 Å². The summed E-state index contributed by atoms with van der Waals surface area (Å²) in [6, 6.07) is 0. The Morgan fingerprint density at radius 3 is 2.31 bits per heavy atom. The van der Waals surface area contributed by atoms with Crippen LogP contribution in [0.2, 0.25) is 0 Å². The zero-order chi connectivity index (χ0) is 19.4. The van der Waals surface area contributed by atoms with Crippen molar-refractivity contribution in [1.29, 1.82) is 0 Å². The van der Waals surface area contributed by atoms with Crippen molar-refractivity contribution in [3.8, 4) is 11.5 Å². The van der Waals surface area contributed by atoms with Crippen LogP contribution in [0.25, 0.3) is 0 Å². The quantitative estimate of drug-likeness (QED) is 0.519. The van der Waals surface area contributed by atoms with Crippen molar-refractivity contribution in [2.75, 3.05) is 6.61 Å². The standard InChI is InChI=1S/C19H28O7/c1-8-9(2)17-10(5-6-19(3,4)26-17)12(13(8)21)18-16(24)15(23)14(22)11(7-20)25-18/h11,14-16,18,20-24H,5-7H2,1-4H3/t11-,14-,15+,16-,18+/m1/s1. The molecule has 7 heteroatoms. The lowest BCUT2D eigenvalue weighted by molar-refractivity contribution is -0.232. The van der Waals surface area contributed by atoms with Crippen LogP contribution in [0.4, 0.5) is 0 Å². The molecule has 0 unspecified atom stereocenters. The Labute approximate surface area is 152 Å². The average molecular weight is 368 g/mol. The first-order chi connectivity index (χ1) is 12.1. The molecule has 5 atom stereocenters. The fourth-order valence-electron chi connectivity index (χ4n) is 3.83. The topological polar surface area (TPSA) is 120 Å². The minimum Gasteiger partial charge on any atom is -0.507 e. The number of hydrogen-bond acceptors (Lipinski definition) is 7. The molecule has 0 aromatic heterocycles. The van der Waals surface area contributed by atoms with Crippen LogP contribution in [0.15, 0.2) is 0 Å². The molecule has 0 aliphatic carbocycles. The number of hydrogen-bond donors (Lipinski definition) is 5. The third-order valence-electron chi connectivity index (χ3n) is 5.64. The second kappa shape index (κ2) is 6.65. The van der Waals surface area contributed by atoms with Gasteiger partial charge in [0.1, 0.15) is 47.6 Å². The fraction of sp³-hybridized carbons (Fsp3) is 0.684. The zero-order valence-corrected chi connectivity index (χ0v) is 15.6. The molecule has 146 valence electrons. The van der Waals surface area contributed by atoms with Crippen LogP contribution in [-0.2, 0) is 11.2 Å². The monoisotopic (exact) mass is 368 g/mol. The lowest BCUT2D eigenvalue weighted by Crippen LogP contribution is -2.55. The normalized spacial score (nSPS) is 33.5. The minimum absolute atomic E-state index is 0.0196. The molecule has 1 saturated heterocycles. The summed E-state index contributed by atoms with van der Waals surface area (Å²) in [6.07, 6.45) is -5.16. The number of fused-ring (bicyclic) bond motifs is 1. The van der Waals surface area contributed by atoms with Crippen molar-refractivity contribution >= 4 is 0 Å². The first-order valence-corrected chi connectivity index (χ1v) is 8.93. The van der Waals surface area contributed by atoms with Crippen LogP contribution in [0.1, 0.15) is 48.6 Å². The summed E-state index contributed by atoms with van der Waals surface area (Å²) < 4.78 is 11.8. The Bertz CT molecular complexity index is 698. The Hall–Kier alpha value is -1.38. The highest BCUT2D eigenvalue weighted by Gasteiger charge is 2.46. The molecule has 7 nitrogen and oxygen atoms in total. The highest BCUT2D eigenvalue weighted by Crippen LogP contribution is 2.48. The molecule has 0 amide bonds. The summed E-state index contributed by atoms with van der Waals surface area (Å²) >= 11 is 0. The lowest BCUT2D eigenvalue weighted by Gasteiger charge is -2.42. The smallest absolute Gasteiger partial charge is 0.127 e. The van der Waals surface area contributed by atoms with E-state index in [9.17, 15) is 25.5 Å². The van der Waals surface area contributed by atoms with Gasteiger partial charge in [0, 0.05) is 11.1 Å². The molecule has 0 spiro atoms. The predicted octanol–water partition coefficient (Wildman–Crippen LogP) is 0.628. The lowest BCUT2D eigenvalue weighted by atomic mass is 9.82. The Balaban J connectivity index is 2.15. The van der Waals surface area contributed by atoms with Gasteiger partial charge >= 0.3 is 0 Å². The molecule has 1 aromatic rings. The SMILES string of the molecule is Cc1c(C)c2c(c([C@@H]3O[C@H](CO)[C@@H](O)[C@H](O)[C@H]3O)c1O)CCC(C)(C)O2. The van der Waals surface area contributed by atoms with Crippen molar-refractivity contribution in [1.82, 2.24) is 0 Å². The number of phenolic OH excluding ortho intramolecular Hbond substituents is 1. The molecule has 2 aliphatic rings. The van der Waals surface area contributed by atoms with E-state index in [1.54, 1.807) is 6.92 Å². The number of aliphatic hydroxyl groups is 4. The number of aromatic hydroxyl groups is 1. The summed E-state index contributed by atoms with van der Waals surface area (Å²) in [6.45, 7) is 7.09. The average Bonchev–Trinajstić information content (AvgIpc) is 2.59. The molecular formula is C19H28O7. The third-order valence-corrected chi connectivity index (χ3v) is 5.64. The van der Waals surface area contributed by atoms with Crippen molar-refractivity contribution in [3.63, 3.8) is 0 Å². The molecule has 1 fully saturated rings. The summed E-state index contributed by atoms with van der Waals surface area (Å²) in [7, 11) is 0. The van der Waals surface area contributed by atoms with Gasteiger partial charge in [-0.25, -0.2) is 0 Å². The molecule has 0 bridgehead atoms. The maximum Gasteiger partial charge on any atom is 0.127 e. The van der Waals surface area contributed by atoms with E-state index in [2.05, 4.69) is 0 Å². The molecule has 26 heavy (non-hydrogen) atoms. The Kier molecular flexibility index (Phi) is 4.96. The number of benzene rings is 1. The van der Waals surface area contributed by atoms with Gasteiger partial charge in [-0.1, -0.05) is 0 Å². The van der Waals surface area contributed by atoms with Crippen molar-refractivity contribution in [2.24, 2.45) is 0 Å². The van der Waals surface area contributed by atoms with Gasteiger partial charge in [-0.2, -0.15) is 0 Å². The number of rotatable bonds is 2. The number of phenols is 1. The molecule has 1 aromatic carbocycles. The van der Waals surface area contributed by atoms with Crippen LogP contribution in [-0.4, -0.2) is 62.2 Å². The zero-order valence-electron chi connectivity index (χ0n) is 15.6. The number of ether oxygens (including phenoxy) is 2. The van der Waals surface area contributed by atoms with Crippen molar-refractivity contribution < 1.29 is 35.0 Å². The van der Waals surface area contributed by atoms with Gasteiger partial charge in [-0.3, -0.25) is 0 Å². The molecule has 2 aliphatic heterocycles. The fourth-order valence-corrected chi connectivity index (χ4v) is 3.83.